The highest BCUT2D eigenvalue weighted by Gasteiger charge is 2.51. The topological polar surface area (TPSA) is 46.6 Å². The molecule has 1 aliphatic heterocycles. The van der Waals surface area contributed by atoms with Gasteiger partial charge in [0.25, 0.3) is 0 Å². The van der Waals surface area contributed by atoms with E-state index in [0.717, 1.165) is 6.42 Å². The average molecular weight is 237 g/mol. The molecule has 0 aromatic rings. The van der Waals surface area contributed by atoms with Crippen molar-refractivity contribution in [1.82, 2.24) is 4.90 Å². The summed E-state index contributed by atoms with van der Waals surface area (Å²) in [6.07, 6.45) is 4.40. The first kappa shape index (κ1) is 12.3. The SMILES string of the molecule is CCOC(=O)[C@H]1[C@H](C)[C@H]2C(=O)C=CC[C@@H]2N1C. The largest absolute Gasteiger partial charge is 0.465 e. The van der Waals surface area contributed by atoms with E-state index in [2.05, 4.69) is 0 Å². The molecule has 0 bridgehead atoms. The monoisotopic (exact) mass is 237 g/mol. The smallest absolute Gasteiger partial charge is 0.323 e. The van der Waals surface area contributed by atoms with Crippen LogP contribution in [0.2, 0.25) is 0 Å². The molecule has 0 aromatic heterocycles. The Labute approximate surface area is 102 Å². The zero-order valence-corrected chi connectivity index (χ0v) is 10.6. The summed E-state index contributed by atoms with van der Waals surface area (Å²) in [6, 6.07) is -0.134. The molecule has 2 rings (SSSR count). The summed E-state index contributed by atoms with van der Waals surface area (Å²) in [7, 11) is 1.91. The van der Waals surface area contributed by atoms with Crippen molar-refractivity contribution in [2.24, 2.45) is 11.8 Å². The fourth-order valence-electron chi connectivity index (χ4n) is 3.18. The second-order valence-electron chi connectivity index (χ2n) is 4.86. The Hall–Kier alpha value is -1.16. The van der Waals surface area contributed by atoms with Gasteiger partial charge in [-0.2, -0.15) is 0 Å². The quantitative estimate of drug-likeness (QED) is 0.673. The van der Waals surface area contributed by atoms with Gasteiger partial charge in [-0.1, -0.05) is 13.0 Å². The summed E-state index contributed by atoms with van der Waals surface area (Å²) in [6.45, 7) is 4.16. The Morgan fingerprint density at radius 3 is 2.88 bits per heavy atom. The van der Waals surface area contributed by atoms with Crippen LogP contribution < -0.4 is 0 Å². The number of esters is 1. The van der Waals surface area contributed by atoms with Crippen LogP contribution in [-0.2, 0) is 14.3 Å². The third kappa shape index (κ3) is 1.90. The molecule has 94 valence electrons. The molecule has 0 radical (unpaired) electrons. The van der Waals surface area contributed by atoms with Gasteiger partial charge in [-0.3, -0.25) is 14.5 Å². The molecule has 4 atom stereocenters. The summed E-state index contributed by atoms with van der Waals surface area (Å²) in [5.41, 5.74) is 0. The van der Waals surface area contributed by atoms with Gasteiger partial charge in [0.2, 0.25) is 0 Å². The number of ether oxygens (including phenoxy) is 1. The van der Waals surface area contributed by atoms with Gasteiger partial charge in [0, 0.05) is 12.0 Å². The van der Waals surface area contributed by atoms with Crippen LogP contribution >= 0.6 is 0 Å². The minimum Gasteiger partial charge on any atom is -0.465 e. The maximum absolute atomic E-state index is 11.9. The van der Waals surface area contributed by atoms with Gasteiger partial charge >= 0.3 is 5.97 Å². The Morgan fingerprint density at radius 1 is 1.59 bits per heavy atom. The Balaban J connectivity index is 2.22. The highest BCUT2D eigenvalue weighted by atomic mass is 16.5. The second kappa shape index (κ2) is 4.61. The normalized spacial score (nSPS) is 37.0. The molecule has 17 heavy (non-hydrogen) atoms. The van der Waals surface area contributed by atoms with Crippen molar-refractivity contribution in [3.8, 4) is 0 Å². The van der Waals surface area contributed by atoms with Gasteiger partial charge < -0.3 is 4.74 Å². The number of likely N-dealkylation sites (tertiary alicyclic amines) is 1. The lowest BCUT2D eigenvalue weighted by Gasteiger charge is -2.26. The molecule has 4 heteroatoms. The fourth-order valence-corrected chi connectivity index (χ4v) is 3.18. The number of likely N-dealkylation sites (N-methyl/N-ethyl adjacent to an activating group) is 1. The van der Waals surface area contributed by atoms with Crippen molar-refractivity contribution in [2.45, 2.75) is 32.4 Å². The lowest BCUT2D eigenvalue weighted by molar-refractivity contribution is -0.149. The zero-order valence-electron chi connectivity index (χ0n) is 10.6. The van der Waals surface area contributed by atoms with Crippen molar-refractivity contribution in [3.63, 3.8) is 0 Å². The van der Waals surface area contributed by atoms with Gasteiger partial charge in [0.05, 0.1) is 6.61 Å². The molecule has 0 aromatic carbocycles. The third-order valence-electron chi connectivity index (χ3n) is 3.96. The van der Waals surface area contributed by atoms with Crippen molar-refractivity contribution in [3.05, 3.63) is 12.2 Å². The number of allylic oxidation sites excluding steroid dienone is 1. The third-order valence-corrected chi connectivity index (χ3v) is 3.96. The minimum absolute atomic E-state index is 0.0292. The van der Waals surface area contributed by atoms with E-state index in [0.29, 0.717) is 6.61 Å². The summed E-state index contributed by atoms with van der Waals surface area (Å²) < 4.78 is 5.10. The number of carbonyl (C=O) groups is 2. The van der Waals surface area contributed by atoms with Crippen LogP contribution in [0.3, 0.4) is 0 Å². The second-order valence-corrected chi connectivity index (χ2v) is 4.86. The summed E-state index contributed by atoms with van der Waals surface area (Å²) in [5.74, 6) is -0.0852. The molecule has 0 amide bonds. The molecule has 4 nitrogen and oxygen atoms in total. The van der Waals surface area contributed by atoms with E-state index in [1.54, 1.807) is 13.0 Å². The van der Waals surface area contributed by atoms with E-state index >= 15 is 0 Å². The minimum atomic E-state index is -0.284. The van der Waals surface area contributed by atoms with Gasteiger partial charge in [0.15, 0.2) is 5.78 Å². The van der Waals surface area contributed by atoms with E-state index in [-0.39, 0.29) is 35.7 Å². The van der Waals surface area contributed by atoms with Gasteiger partial charge in [-0.25, -0.2) is 0 Å². The maximum atomic E-state index is 11.9. The van der Waals surface area contributed by atoms with E-state index in [4.69, 9.17) is 4.74 Å². The molecule has 0 unspecified atom stereocenters. The van der Waals surface area contributed by atoms with Crippen molar-refractivity contribution in [2.75, 3.05) is 13.7 Å². The number of carbonyl (C=O) groups excluding carboxylic acids is 2. The molecular formula is C13H19NO3. The van der Waals surface area contributed by atoms with E-state index in [1.807, 2.05) is 24.9 Å². The predicted molar refractivity (Wildman–Crippen MR) is 63.4 cm³/mol. The number of rotatable bonds is 2. The Kier molecular flexibility index (Phi) is 3.33. The number of nitrogens with zero attached hydrogens (tertiary/aromatic N) is 1. The maximum Gasteiger partial charge on any atom is 0.323 e. The molecule has 0 saturated carbocycles. The molecule has 0 spiro atoms. The predicted octanol–water partition coefficient (Wildman–Crippen LogP) is 1.01. The molecule has 1 fully saturated rings. The molecular weight excluding hydrogens is 218 g/mol. The first-order valence-electron chi connectivity index (χ1n) is 6.16. The molecule has 1 aliphatic carbocycles. The lowest BCUT2D eigenvalue weighted by atomic mass is 9.81. The Bertz CT molecular complexity index is 364. The van der Waals surface area contributed by atoms with Gasteiger partial charge in [-0.15, -0.1) is 0 Å². The summed E-state index contributed by atoms with van der Waals surface area (Å²) >= 11 is 0. The molecule has 1 heterocycles. The van der Waals surface area contributed by atoms with E-state index in [9.17, 15) is 9.59 Å². The van der Waals surface area contributed by atoms with Crippen LogP contribution in [-0.4, -0.2) is 42.4 Å². The molecule has 2 aliphatic rings. The number of ketones is 1. The standard InChI is InChI=1S/C13H19NO3/c1-4-17-13(16)12-8(2)11-9(14(12)3)6-5-7-10(11)15/h5,7-9,11-12H,4,6H2,1-3H3/t8-,9+,11-,12-/m1/s1. The fraction of sp³-hybridized carbons (Fsp3) is 0.692. The van der Waals surface area contributed by atoms with Crippen LogP contribution in [0.1, 0.15) is 20.3 Å². The molecule has 1 saturated heterocycles. The zero-order chi connectivity index (χ0) is 12.6. The van der Waals surface area contributed by atoms with Crippen molar-refractivity contribution in [1.29, 1.82) is 0 Å². The number of hydrogen-bond donors (Lipinski definition) is 0. The summed E-state index contributed by atoms with van der Waals surface area (Å²) in [5, 5.41) is 0. The van der Waals surface area contributed by atoms with Crippen molar-refractivity contribution < 1.29 is 14.3 Å². The van der Waals surface area contributed by atoms with Crippen LogP contribution in [0.25, 0.3) is 0 Å². The van der Waals surface area contributed by atoms with Crippen LogP contribution in [0.15, 0.2) is 12.2 Å². The Morgan fingerprint density at radius 2 is 2.29 bits per heavy atom. The van der Waals surface area contributed by atoms with E-state index < -0.39 is 0 Å². The lowest BCUT2D eigenvalue weighted by Crippen LogP contribution is -2.41. The van der Waals surface area contributed by atoms with Gasteiger partial charge in [0.1, 0.15) is 6.04 Å². The summed E-state index contributed by atoms with van der Waals surface area (Å²) in [4.78, 5) is 25.8. The number of hydrogen-bond acceptors (Lipinski definition) is 4. The van der Waals surface area contributed by atoms with E-state index in [1.165, 1.54) is 0 Å². The van der Waals surface area contributed by atoms with Crippen LogP contribution in [0.5, 0.6) is 0 Å². The number of fused-ring (bicyclic) bond motifs is 1. The first-order valence-corrected chi connectivity index (χ1v) is 6.16. The molecule has 0 N–H and O–H groups in total. The highest BCUT2D eigenvalue weighted by molar-refractivity contribution is 5.94. The average Bonchev–Trinajstić information content (AvgIpc) is 2.53. The first-order chi connectivity index (χ1) is 8.07. The van der Waals surface area contributed by atoms with Crippen LogP contribution in [0.4, 0.5) is 0 Å². The highest BCUT2D eigenvalue weighted by Crippen LogP contribution is 2.39. The van der Waals surface area contributed by atoms with Crippen LogP contribution in [0, 0.1) is 11.8 Å². The van der Waals surface area contributed by atoms with Gasteiger partial charge in [-0.05, 0) is 32.4 Å². The van der Waals surface area contributed by atoms with Crippen molar-refractivity contribution >= 4 is 11.8 Å².